The number of aromatic nitrogens is 1. The molecule has 0 spiro atoms. The second-order valence-corrected chi connectivity index (χ2v) is 8.45. The summed E-state index contributed by atoms with van der Waals surface area (Å²) in [5, 5.41) is 2.86. The van der Waals surface area contributed by atoms with Crippen molar-refractivity contribution < 1.29 is 14.3 Å². The van der Waals surface area contributed by atoms with Crippen LogP contribution in [-0.4, -0.2) is 54.4 Å². The molecule has 1 aliphatic rings. The summed E-state index contributed by atoms with van der Waals surface area (Å²) < 4.78 is 5.37. The summed E-state index contributed by atoms with van der Waals surface area (Å²) in [6.07, 6.45) is 2.13. The fourth-order valence-electron chi connectivity index (χ4n) is 3.87. The zero-order chi connectivity index (χ0) is 23.9. The summed E-state index contributed by atoms with van der Waals surface area (Å²) in [4.78, 5) is 32.0. The van der Waals surface area contributed by atoms with Gasteiger partial charge in [0.15, 0.2) is 5.78 Å². The van der Waals surface area contributed by atoms with Gasteiger partial charge in [-0.15, -0.1) is 0 Å². The van der Waals surface area contributed by atoms with Crippen LogP contribution in [0, 0.1) is 0 Å². The number of carbonyl (C=O) groups excluding carboxylic acids is 2. The molecule has 2 aromatic carbocycles. The van der Waals surface area contributed by atoms with E-state index < -0.39 is 0 Å². The smallest absolute Gasteiger partial charge is 0.256 e. The van der Waals surface area contributed by atoms with E-state index in [1.54, 1.807) is 18.3 Å². The minimum atomic E-state index is -0.232. The number of hydrogen-bond donors (Lipinski definition) is 1. The topological polar surface area (TPSA) is 71.5 Å². The molecule has 0 aliphatic carbocycles. The summed E-state index contributed by atoms with van der Waals surface area (Å²) in [5.74, 6) is 0.342. The minimum absolute atomic E-state index is 0.120. The maximum atomic E-state index is 12.8. The monoisotopic (exact) mass is 455 g/mol. The van der Waals surface area contributed by atoms with Crippen LogP contribution in [0.3, 0.4) is 0 Å². The highest BCUT2D eigenvalue weighted by Crippen LogP contribution is 2.23. The second kappa shape index (κ2) is 11.0. The van der Waals surface area contributed by atoms with Crippen LogP contribution in [-0.2, 0) is 4.74 Å². The number of rotatable bonds is 8. The number of pyridine rings is 1. The predicted octanol–water partition coefficient (Wildman–Crippen LogP) is 4.94. The third-order valence-electron chi connectivity index (χ3n) is 5.92. The average molecular weight is 456 g/mol. The molecule has 3 aromatic rings. The summed E-state index contributed by atoms with van der Waals surface area (Å²) in [6, 6.07) is 18.6. The van der Waals surface area contributed by atoms with Crippen LogP contribution in [0.4, 0.5) is 5.82 Å². The van der Waals surface area contributed by atoms with Crippen molar-refractivity contribution in [2.75, 3.05) is 38.2 Å². The van der Waals surface area contributed by atoms with Crippen molar-refractivity contribution in [2.45, 2.75) is 13.3 Å². The third-order valence-corrected chi connectivity index (χ3v) is 5.92. The number of ether oxygens (including phenoxy) is 1. The molecule has 0 saturated carbocycles. The van der Waals surface area contributed by atoms with E-state index in [4.69, 9.17) is 4.74 Å². The molecule has 1 fully saturated rings. The number of ketones is 1. The van der Waals surface area contributed by atoms with Crippen molar-refractivity contribution in [1.82, 2.24) is 9.88 Å². The number of nitrogens with one attached hydrogen (secondary N) is 1. The van der Waals surface area contributed by atoms with E-state index in [1.807, 2.05) is 55.5 Å². The maximum absolute atomic E-state index is 12.8. The average Bonchev–Trinajstić information content (AvgIpc) is 2.88. The molecule has 1 aromatic heterocycles. The molecule has 6 nitrogen and oxygen atoms in total. The highest BCUT2D eigenvalue weighted by molar-refractivity contribution is 6.04. The fourth-order valence-corrected chi connectivity index (χ4v) is 3.87. The van der Waals surface area contributed by atoms with Gasteiger partial charge in [0.05, 0.1) is 13.2 Å². The van der Waals surface area contributed by atoms with Gasteiger partial charge in [-0.1, -0.05) is 42.5 Å². The highest BCUT2D eigenvalue weighted by Gasteiger charge is 2.14. The second-order valence-electron chi connectivity index (χ2n) is 8.45. The molecule has 1 amide bonds. The van der Waals surface area contributed by atoms with E-state index in [0.29, 0.717) is 23.4 Å². The van der Waals surface area contributed by atoms with Crippen molar-refractivity contribution >= 4 is 23.1 Å². The molecule has 1 saturated heterocycles. The zero-order valence-electron chi connectivity index (χ0n) is 19.4. The van der Waals surface area contributed by atoms with Gasteiger partial charge in [0.25, 0.3) is 5.91 Å². The molecule has 6 heteroatoms. The molecular formula is C28H29N3O3. The minimum Gasteiger partial charge on any atom is -0.379 e. The molecule has 2 heterocycles. The van der Waals surface area contributed by atoms with E-state index in [2.05, 4.69) is 21.8 Å². The Hall–Kier alpha value is -3.61. The number of carbonyl (C=O) groups is 2. The Labute approximate surface area is 200 Å². The van der Waals surface area contributed by atoms with Crippen LogP contribution in [0.5, 0.6) is 0 Å². The summed E-state index contributed by atoms with van der Waals surface area (Å²) in [5.41, 5.74) is 4.96. The van der Waals surface area contributed by atoms with Gasteiger partial charge < -0.3 is 10.1 Å². The van der Waals surface area contributed by atoms with Gasteiger partial charge in [-0.2, -0.15) is 0 Å². The lowest BCUT2D eigenvalue weighted by Gasteiger charge is -2.26. The van der Waals surface area contributed by atoms with E-state index in [1.165, 1.54) is 0 Å². The van der Waals surface area contributed by atoms with E-state index >= 15 is 0 Å². The van der Waals surface area contributed by atoms with Crippen LogP contribution in [0.25, 0.3) is 16.7 Å². The molecule has 1 N–H and O–H groups in total. The lowest BCUT2D eigenvalue weighted by Crippen LogP contribution is -2.37. The van der Waals surface area contributed by atoms with Crippen molar-refractivity contribution in [1.29, 1.82) is 0 Å². The molecule has 174 valence electrons. The van der Waals surface area contributed by atoms with E-state index in [-0.39, 0.29) is 11.7 Å². The molecule has 1 aliphatic heterocycles. The molecule has 4 rings (SSSR count). The predicted molar refractivity (Wildman–Crippen MR) is 135 cm³/mol. The van der Waals surface area contributed by atoms with Gasteiger partial charge in [-0.3, -0.25) is 14.5 Å². The first-order chi connectivity index (χ1) is 16.5. The lowest BCUT2D eigenvalue weighted by molar-refractivity contribution is 0.0370. The number of benzene rings is 2. The number of Topliss-reactive ketones (excluding diaryl/α,β-unsaturated/α-hetero) is 1. The Balaban J connectivity index is 1.43. The van der Waals surface area contributed by atoms with Crippen LogP contribution in [0.2, 0.25) is 0 Å². The SMILES string of the molecule is C=C(C)c1ccc(C(=O)Nc2cc(-c3cccc(C(=O)CCN4CCOCC4)c3)ccn2)cc1. The van der Waals surface area contributed by atoms with Gasteiger partial charge in [0.1, 0.15) is 5.82 Å². The molecule has 34 heavy (non-hydrogen) atoms. The highest BCUT2D eigenvalue weighted by atomic mass is 16.5. The normalized spacial score (nSPS) is 13.9. The van der Waals surface area contributed by atoms with Crippen molar-refractivity contribution in [3.05, 3.63) is 90.1 Å². The van der Waals surface area contributed by atoms with Crippen LogP contribution in [0.1, 0.15) is 39.6 Å². The van der Waals surface area contributed by atoms with Crippen LogP contribution >= 0.6 is 0 Å². The number of allylic oxidation sites excluding steroid dienone is 1. The Bertz CT molecular complexity index is 1180. The van der Waals surface area contributed by atoms with Crippen LogP contribution < -0.4 is 5.32 Å². The van der Waals surface area contributed by atoms with Crippen molar-refractivity contribution in [3.63, 3.8) is 0 Å². The largest absolute Gasteiger partial charge is 0.379 e. The first kappa shape index (κ1) is 23.5. The Morgan fingerprint density at radius 1 is 0.971 bits per heavy atom. The first-order valence-electron chi connectivity index (χ1n) is 11.5. The maximum Gasteiger partial charge on any atom is 0.256 e. The molecule has 0 atom stereocenters. The van der Waals surface area contributed by atoms with Gasteiger partial charge in [-0.05, 0) is 53.9 Å². The van der Waals surface area contributed by atoms with E-state index in [9.17, 15) is 9.59 Å². The standard InChI is InChI=1S/C28H29N3O3/c1-20(2)21-6-8-22(9-7-21)28(33)30-27-19-24(10-12-29-27)23-4-3-5-25(18-23)26(32)11-13-31-14-16-34-17-15-31/h3-10,12,18-19H,1,11,13-17H2,2H3,(H,29,30,33). The van der Waals surface area contributed by atoms with E-state index in [0.717, 1.165) is 55.1 Å². The van der Waals surface area contributed by atoms with Gasteiger partial charge in [-0.25, -0.2) is 4.98 Å². The zero-order valence-corrected chi connectivity index (χ0v) is 19.4. The molecule has 0 radical (unpaired) electrons. The quantitative estimate of drug-likeness (QED) is 0.487. The summed E-state index contributed by atoms with van der Waals surface area (Å²) in [6.45, 7) is 9.78. The van der Waals surface area contributed by atoms with Gasteiger partial charge >= 0.3 is 0 Å². The Morgan fingerprint density at radius 2 is 1.68 bits per heavy atom. The summed E-state index contributed by atoms with van der Waals surface area (Å²) >= 11 is 0. The fraction of sp³-hybridized carbons (Fsp3) is 0.250. The number of morpholine rings is 1. The number of nitrogens with zero attached hydrogens (tertiary/aromatic N) is 2. The number of hydrogen-bond acceptors (Lipinski definition) is 5. The van der Waals surface area contributed by atoms with Crippen LogP contribution in [0.15, 0.2) is 73.4 Å². The Kier molecular flexibility index (Phi) is 7.62. The molecule has 0 bridgehead atoms. The molecule has 0 unspecified atom stereocenters. The number of anilines is 1. The van der Waals surface area contributed by atoms with Gasteiger partial charge in [0.2, 0.25) is 0 Å². The number of amides is 1. The van der Waals surface area contributed by atoms with Crippen molar-refractivity contribution in [3.8, 4) is 11.1 Å². The Morgan fingerprint density at radius 3 is 2.41 bits per heavy atom. The first-order valence-corrected chi connectivity index (χ1v) is 11.5. The summed E-state index contributed by atoms with van der Waals surface area (Å²) in [7, 11) is 0. The lowest BCUT2D eigenvalue weighted by atomic mass is 10.0. The third kappa shape index (κ3) is 6.04. The molecular weight excluding hydrogens is 426 g/mol. The van der Waals surface area contributed by atoms with Crippen molar-refractivity contribution in [2.24, 2.45) is 0 Å². The van der Waals surface area contributed by atoms with Gasteiger partial charge in [0, 0.05) is 43.4 Å².